The van der Waals surface area contributed by atoms with Gasteiger partial charge in [0.2, 0.25) is 11.8 Å². The van der Waals surface area contributed by atoms with Crippen molar-refractivity contribution < 1.29 is 18.0 Å². The normalized spacial score (nSPS) is 11.3. The molecule has 0 aliphatic heterocycles. The third-order valence-electron chi connectivity index (χ3n) is 2.60. The largest absolute Gasteiger partial charge is 0.274 e. The van der Waals surface area contributed by atoms with Gasteiger partial charge in [0.15, 0.2) is 0 Å². The lowest BCUT2D eigenvalue weighted by Gasteiger charge is -2.23. The van der Waals surface area contributed by atoms with Crippen molar-refractivity contribution in [1.82, 2.24) is 0 Å². The van der Waals surface area contributed by atoms with E-state index >= 15 is 0 Å². The lowest BCUT2D eigenvalue weighted by atomic mass is 10.2. The zero-order valence-electron chi connectivity index (χ0n) is 11.2. The van der Waals surface area contributed by atoms with E-state index in [-0.39, 0.29) is 29.6 Å². The van der Waals surface area contributed by atoms with Crippen LogP contribution >= 0.6 is 49.2 Å². The molecule has 1 rings (SSSR count). The molecule has 0 saturated carbocycles. The maximum atomic E-state index is 12.0. The van der Waals surface area contributed by atoms with Crippen LogP contribution in [0, 0.1) is 3.57 Å². The molecule has 2 amide bonds. The zero-order chi connectivity index (χ0) is 16.4. The second-order valence-electron chi connectivity index (χ2n) is 4.00. The lowest BCUT2D eigenvalue weighted by molar-refractivity contribution is -0.126. The molecule has 9 heteroatoms. The van der Waals surface area contributed by atoms with Gasteiger partial charge >= 0.3 is 0 Å². The van der Waals surface area contributed by atoms with E-state index in [0.717, 1.165) is 4.90 Å². The van der Waals surface area contributed by atoms with Crippen molar-refractivity contribution in [2.75, 3.05) is 4.90 Å². The maximum Gasteiger partial charge on any atom is 0.261 e. The van der Waals surface area contributed by atoms with E-state index in [4.69, 9.17) is 10.7 Å². The van der Waals surface area contributed by atoms with Gasteiger partial charge in [0.25, 0.3) is 9.05 Å². The monoisotopic (exact) mass is 507 g/mol. The van der Waals surface area contributed by atoms with Gasteiger partial charge < -0.3 is 0 Å². The minimum atomic E-state index is -3.89. The first-order valence-corrected chi connectivity index (χ1v) is 10.1. The molecule has 0 aliphatic carbocycles. The molecule has 0 N–H and O–H groups in total. The first-order valence-electron chi connectivity index (χ1n) is 5.92. The Balaban J connectivity index is 3.54. The summed E-state index contributed by atoms with van der Waals surface area (Å²) in [4.78, 5) is 25.0. The zero-order valence-corrected chi connectivity index (χ0v) is 16.5. The highest BCUT2D eigenvalue weighted by molar-refractivity contribution is 14.1. The molecule has 0 radical (unpaired) electrons. The van der Waals surface area contributed by atoms with Crippen molar-refractivity contribution in [3.8, 4) is 0 Å². The van der Waals surface area contributed by atoms with Gasteiger partial charge in [-0.1, -0.05) is 13.8 Å². The van der Waals surface area contributed by atoms with E-state index in [1.54, 1.807) is 13.8 Å². The van der Waals surface area contributed by atoms with Crippen LogP contribution in [-0.4, -0.2) is 20.2 Å². The van der Waals surface area contributed by atoms with Gasteiger partial charge in [0.05, 0.1) is 10.6 Å². The van der Waals surface area contributed by atoms with Crippen LogP contribution in [0.4, 0.5) is 5.69 Å². The molecule has 0 heterocycles. The topological polar surface area (TPSA) is 71.5 Å². The van der Waals surface area contributed by atoms with Crippen molar-refractivity contribution in [2.45, 2.75) is 31.6 Å². The van der Waals surface area contributed by atoms with Crippen LogP contribution in [0.15, 0.2) is 21.5 Å². The average Bonchev–Trinajstić information content (AvgIpc) is 2.39. The van der Waals surface area contributed by atoms with Gasteiger partial charge in [-0.15, -0.1) is 0 Å². The fraction of sp³-hybridized carbons (Fsp3) is 0.333. The number of amides is 2. The number of imide groups is 1. The Morgan fingerprint density at radius 1 is 1.24 bits per heavy atom. The number of carbonyl (C=O) groups is 2. The summed E-state index contributed by atoms with van der Waals surface area (Å²) in [6.45, 7) is 3.30. The third kappa shape index (κ3) is 4.40. The highest BCUT2D eigenvalue weighted by Crippen LogP contribution is 2.35. The van der Waals surface area contributed by atoms with E-state index in [9.17, 15) is 18.0 Å². The number of benzene rings is 1. The van der Waals surface area contributed by atoms with Gasteiger partial charge in [0.1, 0.15) is 0 Å². The number of hydrogen-bond acceptors (Lipinski definition) is 4. The Morgan fingerprint density at radius 3 is 2.05 bits per heavy atom. The molecule has 116 valence electrons. The average molecular weight is 509 g/mol. The highest BCUT2D eigenvalue weighted by atomic mass is 127. The molecule has 0 aromatic heterocycles. The third-order valence-corrected chi connectivity index (χ3v) is 5.36. The minimum Gasteiger partial charge on any atom is -0.274 e. The van der Waals surface area contributed by atoms with Gasteiger partial charge in [-0.25, -0.2) is 13.3 Å². The van der Waals surface area contributed by atoms with Crippen molar-refractivity contribution in [2.24, 2.45) is 0 Å². The van der Waals surface area contributed by atoms with Crippen molar-refractivity contribution >= 4 is 75.8 Å². The summed E-state index contributed by atoms with van der Waals surface area (Å²) in [7, 11) is 1.42. The summed E-state index contributed by atoms with van der Waals surface area (Å²) in [6, 6.07) is 2.60. The van der Waals surface area contributed by atoms with Crippen molar-refractivity contribution in [3.63, 3.8) is 0 Å². The van der Waals surface area contributed by atoms with Crippen LogP contribution in [0.25, 0.3) is 0 Å². The second kappa shape index (κ2) is 7.38. The molecule has 0 saturated heterocycles. The summed E-state index contributed by atoms with van der Waals surface area (Å²) < 4.78 is 23.5. The van der Waals surface area contributed by atoms with E-state index in [1.807, 2.05) is 22.6 Å². The molecule has 21 heavy (non-hydrogen) atoms. The predicted octanol–water partition coefficient (Wildman–Crippen LogP) is 3.66. The number of halogens is 3. The number of hydrogen-bond donors (Lipinski definition) is 0. The van der Waals surface area contributed by atoms with E-state index in [2.05, 4.69) is 15.9 Å². The molecule has 0 unspecified atom stereocenters. The standard InChI is InChI=1S/C12H12BrClINO4S/c1-3-10(17)16(11(18)4-2)12-8(13)5-7(6-9(12)15)21(14,19)20/h5-6H,3-4H2,1-2H3. The highest BCUT2D eigenvalue weighted by Gasteiger charge is 2.26. The number of rotatable bonds is 4. The molecule has 0 fully saturated rings. The van der Waals surface area contributed by atoms with Crippen LogP contribution < -0.4 is 4.90 Å². The van der Waals surface area contributed by atoms with Crippen molar-refractivity contribution in [3.05, 3.63) is 20.2 Å². The maximum absolute atomic E-state index is 12.0. The SMILES string of the molecule is CCC(=O)N(C(=O)CC)c1c(Br)cc(S(=O)(=O)Cl)cc1I. The van der Waals surface area contributed by atoms with E-state index < -0.39 is 9.05 Å². The Hall–Kier alpha value is -0.190. The van der Waals surface area contributed by atoms with Crippen LogP contribution in [0.1, 0.15) is 26.7 Å². The molecule has 0 atom stereocenters. The molecule has 0 spiro atoms. The number of anilines is 1. The lowest BCUT2D eigenvalue weighted by Crippen LogP contribution is -2.37. The first kappa shape index (κ1) is 18.9. The summed E-state index contributed by atoms with van der Waals surface area (Å²) in [6.07, 6.45) is 0.313. The van der Waals surface area contributed by atoms with Gasteiger partial charge in [0, 0.05) is 31.6 Å². The van der Waals surface area contributed by atoms with Crippen LogP contribution in [0.5, 0.6) is 0 Å². The van der Waals surface area contributed by atoms with E-state index in [0.29, 0.717) is 13.7 Å². The Bertz CT molecular complexity index is 653. The van der Waals surface area contributed by atoms with Crippen LogP contribution in [0.2, 0.25) is 0 Å². The van der Waals surface area contributed by atoms with Crippen LogP contribution in [0.3, 0.4) is 0 Å². The molecule has 0 aliphatic rings. The Kier molecular flexibility index (Phi) is 6.63. The second-order valence-corrected chi connectivity index (χ2v) is 8.59. The number of nitrogens with zero attached hydrogens (tertiary/aromatic N) is 1. The fourth-order valence-electron chi connectivity index (χ4n) is 1.60. The van der Waals surface area contributed by atoms with Gasteiger partial charge in [-0.05, 0) is 50.7 Å². The predicted molar refractivity (Wildman–Crippen MR) is 93.0 cm³/mol. The summed E-state index contributed by atoms with van der Waals surface area (Å²) in [5.74, 6) is -0.719. The van der Waals surface area contributed by atoms with Crippen LogP contribution in [-0.2, 0) is 18.6 Å². The Labute approximate surface area is 149 Å². The summed E-state index contributed by atoms with van der Waals surface area (Å²) in [5, 5.41) is 0. The molecular weight excluding hydrogens is 496 g/mol. The number of carbonyl (C=O) groups excluding carboxylic acids is 2. The first-order chi connectivity index (χ1) is 9.63. The van der Waals surface area contributed by atoms with Crippen molar-refractivity contribution in [1.29, 1.82) is 0 Å². The quantitative estimate of drug-likeness (QED) is 0.460. The molecule has 5 nitrogen and oxygen atoms in total. The van der Waals surface area contributed by atoms with E-state index in [1.165, 1.54) is 12.1 Å². The minimum absolute atomic E-state index is 0.1000. The summed E-state index contributed by atoms with van der Waals surface area (Å²) >= 11 is 5.08. The fourth-order valence-corrected chi connectivity index (χ4v) is 4.62. The molecule has 1 aromatic carbocycles. The molecular formula is C12H12BrClINO4S. The van der Waals surface area contributed by atoms with Gasteiger partial charge in [-0.2, -0.15) is 0 Å². The van der Waals surface area contributed by atoms with Gasteiger partial charge in [-0.3, -0.25) is 9.59 Å². The smallest absolute Gasteiger partial charge is 0.261 e. The molecule has 1 aromatic rings. The summed E-state index contributed by atoms with van der Waals surface area (Å²) in [5.41, 5.74) is 0.332. The molecule has 0 bridgehead atoms. The Morgan fingerprint density at radius 2 is 1.71 bits per heavy atom.